The van der Waals surface area contributed by atoms with Crippen molar-refractivity contribution in [2.45, 2.75) is 25.3 Å². The molecule has 0 saturated heterocycles. The van der Waals surface area contributed by atoms with Gasteiger partial charge in [-0.1, -0.05) is 6.92 Å². The Bertz CT molecular complexity index is 483. The summed E-state index contributed by atoms with van der Waals surface area (Å²) >= 11 is 0. The summed E-state index contributed by atoms with van der Waals surface area (Å²) in [4.78, 5) is 0.0577. The van der Waals surface area contributed by atoms with Crippen molar-refractivity contribution in [3.8, 4) is 0 Å². The van der Waals surface area contributed by atoms with E-state index in [0.29, 0.717) is 26.2 Å². The number of likely N-dealkylation sites (N-methyl/N-ethyl adjacent to an activating group) is 1. The largest absolute Gasteiger partial charge is 0.383 e. The number of aromatic nitrogens is 2. The Hall–Kier alpha value is -1.12. The van der Waals surface area contributed by atoms with E-state index in [0.717, 1.165) is 0 Å². The zero-order valence-corrected chi connectivity index (χ0v) is 11.8. The first kappa shape index (κ1) is 14.9. The number of hydrogen-bond acceptors (Lipinski definition) is 5. The van der Waals surface area contributed by atoms with E-state index in [9.17, 15) is 8.42 Å². The molecule has 18 heavy (non-hydrogen) atoms. The molecule has 0 bridgehead atoms. The lowest BCUT2D eigenvalue weighted by atomic mass is 10.6. The van der Waals surface area contributed by atoms with E-state index < -0.39 is 10.0 Å². The van der Waals surface area contributed by atoms with Crippen LogP contribution in [0.4, 0.5) is 5.82 Å². The van der Waals surface area contributed by atoms with E-state index >= 15 is 0 Å². The van der Waals surface area contributed by atoms with Gasteiger partial charge in [-0.3, -0.25) is 4.68 Å². The third-order valence-corrected chi connectivity index (χ3v) is 4.59. The minimum absolute atomic E-state index is 0.0349. The van der Waals surface area contributed by atoms with E-state index in [-0.39, 0.29) is 10.7 Å². The Labute approximate surface area is 108 Å². The van der Waals surface area contributed by atoms with Gasteiger partial charge in [-0.05, 0) is 6.92 Å². The van der Waals surface area contributed by atoms with E-state index in [4.69, 9.17) is 10.5 Å². The highest BCUT2D eigenvalue weighted by atomic mass is 32.2. The molecule has 0 fully saturated rings. The van der Waals surface area contributed by atoms with Crippen LogP contribution >= 0.6 is 0 Å². The van der Waals surface area contributed by atoms with Crippen LogP contribution < -0.4 is 5.73 Å². The van der Waals surface area contributed by atoms with Crippen molar-refractivity contribution >= 4 is 15.8 Å². The number of nitrogens with two attached hydrogens (primary N) is 1. The van der Waals surface area contributed by atoms with Gasteiger partial charge in [0.05, 0.1) is 6.61 Å². The molecule has 2 N–H and O–H groups in total. The Morgan fingerprint density at radius 3 is 2.61 bits per heavy atom. The van der Waals surface area contributed by atoms with Crippen LogP contribution in [-0.2, 0) is 21.3 Å². The van der Waals surface area contributed by atoms with Crippen LogP contribution in [0.1, 0.15) is 13.8 Å². The second-order valence-corrected chi connectivity index (χ2v) is 5.63. The van der Waals surface area contributed by atoms with Gasteiger partial charge in [0.25, 0.3) is 0 Å². The third-order valence-electron chi connectivity index (χ3n) is 2.59. The van der Waals surface area contributed by atoms with Gasteiger partial charge < -0.3 is 10.5 Å². The molecular weight excluding hydrogens is 256 g/mol. The Balaban J connectivity index is 3.06. The molecule has 0 aromatic carbocycles. The quantitative estimate of drug-likeness (QED) is 0.765. The Morgan fingerprint density at radius 2 is 2.17 bits per heavy atom. The van der Waals surface area contributed by atoms with Crippen molar-refractivity contribution in [1.29, 1.82) is 0 Å². The van der Waals surface area contributed by atoms with E-state index in [1.807, 2.05) is 6.92 Å². The molecule has 7 nitrogen and oxygen atoms in total. The fourth-order valence-electron chi connectivity index (χ4n) is 1.56. The number of rotatable bonds is 7. The monoisotopic (exact) mass is 276 g/mol. The predicted molar refractivity (Wildman–Crippen MR) is 68.6 cm³/mol. The maximum absolute atomic E-state index is 12.4. The van der Waals surface area contributed by atoms with Crippen LogP contribution in [0.2, 0.25) is 0 Å². The number of nitrogen functional groups attached to an aromatic ring is 1. The lowest BCUT2D eigenvalue weighted by Gasteiger charge is -2.19. The first-order chi connectivity index (χ1) is 8.47. The van der Waals surface area contributed by atoms with Crippen molar-refractivity contribution < 1.29 is 13.2 Å². The maximum Gasteiger partial charge on any atom is 0.248 e. The number of anilines is 1. The van der Waals surface area contributed by atoms with Gasteiger partial charge in [0.1, 0.15) is 4.90 Å². The fraction of sp³-hybridized carbons (Fsp3) is 0.700. The lowest BCUT2D eigenvalue weighted by Crippen LogP contribution is -2.34. The Morgan fingerprint density at radius 1 is 1.50 bits per heavy atom. The topological polar surface area (TPSA) is 90.5 Å². The molecule has 1 rings (SSSR count). The number of sulfonamides is 1. The summed E-state index contributed by atoms with van der Waals surface area (Å²) in [6.07, 6.45) is 1.46. The highest BCUT2D eigenvalue weighted by molar-refractivity contribution is 7.89. The summed E-state index contributed by atoms with van der Waals surface area (Å²) in [5, 5.41) is 3.95. The summed E-state index contributed by atoms with van der Waals surface area (Å²) < 4.78 is 32.4. The lowest BCUT2D eigenvalue weighted by molar-refractivity contribution is 0.180. The summed E-state index contributed by atoms with van der Waals surface area (Å²) in [5.74, 6) is 0.0349. The first-order valence-electron chi connectivity index (χ1n) is 5.79. The summed E-state index contributed by atoms with van der Waals surface area (Å²) in [5.41, 5.74) is 5.66. The second-order valence-electron chi connectivity index (χ2n) is 3.72. The molecule has 1 aromatic heterocycles. The van der Waals surface area contributed by atoms with E-state index in [1.165, 1.54) is 22.3 Å². The average molecular weight is 276 g/mol. The minimum Gasteiger partial charge on any atom is -0.383 e. The zero-order valence-electron chi connectivity index (χ0n) is 11.0. The van der Waals surface area contributed by atoms with Crippen LogP contribution in [0.5, 0.6) is 0 Å². The van der Waals surface area contributed by atoms with Gasteiger partial charge in [-0.15, -0.1) is 0 Å². The first-order valence-corrected chi connectivity index (χ1v) is 7.23. The summed E-state index contributed by atoms with van der Waals surface area (Å²) in [6.45, 7) is 5.21. The summed E-state index contributed by atoms with van der Waals surface area (Å²) in [6, 6.07) is 0. The molecule has 104 valence electrons. The van der Waals surface area contributed by atoms with Crippen LogP contribution in [0, 0.1) is 0 Å². The number of methoxy groups -OCH3 is 1. The molecule has 1 aromatic rings. The third kappa shape index (κ3) is 3.01. The van der Waals surface area contributed by atoms with Gasteiger partial charge in [0.2, 0.25) is 10.0 Å². The van der Waals surface area contributed by atoms with Gasteiger partial charge in [-0.2, -0.15) is 9.40 Å². The van der Waals surface area contributed by atoms with Crippen molar-refractivity contribution in [2.75, 3.05) is 32.5 Å². The smallest absolute Gasteiger partial charge is 0.248 e. The van der Waals surface area contributed by atoms with Gasteiger partial charge in [0, 0.05) is 32.9 Å². The molecular formula is C10H20N4O3S. The summed E-state index contributed by atoms with van der Waals surface area (Å²) in [7, 11) is -2.07. The SMILES string of the molecule is CCN(CCOC)S(=O)(=O)c1cn(CC)nc1N. The Kier molecular flexibility index (Phi) is 5.12. The molecule has 0 unspecified atom stereocenters. The molecule has 1 heterocycles. The molecule has 0 aliphatic rings. The maximum atomic E-state index is 12.4. The number of aryl methyl sites for hydroxylation is 1. The number of ether oxygens (including phenoxy) is 1. The molecule has 0 aliphatic heterocycles. The van der Waals surface area contributed by atoms with Crippen LogP contribution in [0.25, 0.3) is 0 Å². The van der Waals surface area contributed by atoms with Gasteiger partial charge >= 0.3 is 0 Å². The van der Waals surface area contributed by atoms with Gasteiger partial charge in [0.15, 0.2) is 5.82 Å². The molecule has 0 radical (unpaired) electrons. The van der Waals surface area contributed by atoms with Crippen LogP contribution in [0.15, 0.2) is 11.1 Å². The average Bonchev–Trinajstić information content (AvgIpc) is 2.72. The molecule has 0 atom stereocenters. The zero-order chi connectivity index (χ0) is 13.8. The minimum atomic E-state index is -3.60. The molecule has 0 amide bonds. The van der Waals surface area contributed by atoms with Crippen LogP contribution in [0.3, 0.4) is 0 Å². The van der Waals surface area contributed by atoms with Crippen molar-refractivity contribution in [2.24, 2.45) is 0 Å². The van der Waals surface area contributed by atoms with Crippen molar-refractivity contribution in [3.63, 3.8) is 0 Å². The number of nitrogens with zero attached hydrogens (tertiary/aromatic N) is 3. The number of hydrogen-bond donors (Lipinski definition) is 1. The molecule has 0 aliphatic carbocycles. The predicted octanol–water partition coefficient (Wildman–Crippen LogP) is 0.142. The fourth-order valence-corrected chi connectivity index (χ4v) is 3.05. The van der Waals surface area contributed by atoms with Crippen molar-refractivity contribution in [3.05, 3.63) is 6.20 Å². The van der Waals surface area contributed by atoms with Crippen molar-refractivity contribution in [1.82, 2.24) is 14.1 Å². The van der Waals surface area contributed by atoms with Crippen LogP contribution in [-0.4, -0.2) is 49.3 Å². The highest BCUT2D eigenvalue weighted by Gasteiger charge is 2.27. The molecule has 8 heteroatoms. The van der Waals surface area contributed by atoms with E-state index in [1.54, 1.807) is 6.92 Å². The second kappa shape index (κ2) is 6.17. The molecule has 0 spiro atoms. The standard InChI is InChI=1S/C10H20N4O3S/c1-4-13-8-9(10(11)12-13)18(15,16)14(5-2)6-7-17-3/h8H,4-7H2,1-3H3,(H2,11,12). The van der Waals surface area contributed by atoms with Gasteiger partial charge in [-0.25, -0.2) is 8.42 Å². The normalized spacial score (nSPS) is 12.2. The van der Waals surface area contributed by atoms with E-state index in [2.05, 4.69) is 5.10 Å². The highest BCUT2D eigenvalue weighted by Crippen LogP contribution is 2.20. The molecule has 0 saturated carbocycles.